The maximum Gasteiger partial charge on any atom is 0.472 e. The number of hydrogen-bond acceptors (Lipinski definition) is 15. The Bertz CT molecular complexity index is 948. The lowest BCUT2D eigenvalue weighted by Gasteiger charge is -2.25. The Morgan fingerprint density at radius 2 is 0.979 bits per heavy atom. The normalized spacial score (nSPS) is 16.8. The number of hydrogen-bond donors (Lipinski definition) is 4. The summed E-state index contributed by atoms with van der Waals surface area (Å²) in [6.07, 6.45) is 0.381. The monoisotopic (exact) mass is 738 g/mol. The average molecular weight is 739 g/mol. The third-order valence-corrected chi connectivity index (χ3v) is 8.27. The number of phosphoric acid groups is 2. The molecule has 0 aliphatic carbocycles. The second-order valence-corrected chi connectivity index (χ2v) is 14.1. The zero-order valence-electron chi connectivity index (χ0n) is 29.3. The van der Waals surface area contributed by atoms with Gasteiger partial charge in [0.05, 0.1) is 64.9 Å². The molecule has 0 aromatic rings. The topological polar surface area (TPSA) is 230 Å². The van der Waals surface area contributed by atoms with Crippen LogP contribution in [0.5, 0.6) is 0 Å². The van der Waals surface area contributed by atoms with E-state index in [9.17, 15) is 33.3 Å². The largest absolute Gasteiger partial charge is 0.472 e. The maximum absolute atomic E-state index is 12.2. The summed E-state index contributed by atoms with van der Waals surface area (Å²) in [6, 6.07) is -1.41. The van der Waals surface area contributed by atoms with Gasteiger partial charge in [-0.05, 0) is 42.0 Å². The number of likely N-dealkylation sites (N-methyl/N-ethyl adjacent to an activating group) is 2. The lowest BCUT2D eigenvalue weighted by molar-refractivity contribution is -0.147. The van der Waals surface area contributed by atoms with Gasteiger partial charge in [0, 0.05) is 39.8 Å². The summed E-state index contributed by atoms with van der Waals surface area (Å²) in [5.74, 6) is -0.752. The number of urea groups is 1. The number of amides is 2. The zero-order valence-corrected chi connectivity index (χ0v) is 31.1. The molecule has 0 radical (unpaired) electrons. The molecule has 21 heteroatoms. The van der Waals surface area contributed by atoms with Crippen molar-refractivity contribution in [2.24, 2.45) is 0 Å². The molecule has 48 heavy (non-hydrogen) atoms. The lowest BCUT2D eigenvalue weighted by atomic mass is 10.3. The first kappa shape index (κ1) is 46.3. The van der Waals surface area contributed by atoms with E-state index in [1.807, 2.05) is 0 Å². The van der Waals surface area contributed by atoms with Crippen molar-refractivity contribution in [2.45, 2.75) is 64.8 Å². The quantitative estimate of drug-likeness (QED) is 0.0501. The van der Waals surface area contributed by atoms with Crippen LogP contribution in [0.4, 0.5) is 4.79 Å². The minimum atomic E-state index is -4.43. The first-order chi connectivity index (χ1) is 22.3. The van der Waals surface area contributed by atoms with Gasteiger partial charge >= 0.3 is 33.6 Å². The van der Waals surface area contributed by atoms with Crippen molar-refractivity contribution < 1.29 is 70.3 Å². The first-order valence-corrected chi connectivity index (χ1v) is 18.4. The number of phosphoric ester groups is 2. The molecule has 2 amide bonds. The van der Waals surface area contributed by atoms with Gasteiger partial charge in [0.2, 0.25) is 0 Å². The average Bonchev–Trinajstić information content (AvgIpc) is 2.95. The Labute approximate surface area is 283 Å². The highest BCUT2D eigenvalue weighted by Crippen LogP contribution is 2.43. The van der Waals surface area contributed by atoms with Crippen LogP contribution < -0.4 is 10.6 Å². The molecule has 0 heterocycles. The number of carbonyl (C=O) groups is 3. The summed E-state index contributed by atoms with van der Waals surface area (Å²) in [6.45, 7) is 5.86. The molecular formula is C27H56N4O15P2. The van der Waals surface area contributed by atoms with Crippen LogP contribution >= 0.6 is 15.6 Å². The van der Waals surface area contributed by atoms with Crippen molar-refractivity contribution in [1.29, 1.82) is 0 Å². The third-order valence-electron chi connectivity index (χ3n) is 6.30. The smallest absolute Gasteiger partial charge is 0.463 e. The number of carbonyl (C=O) groups excluding carboxylic acids is 3. The lowest BCUT2D eigenvalue weighted by Crippen LogP contribution is -2.39. The summed E-state index contributed by atoms with van der Waals surface area (Å²) in [5, 5.41) is 4.80. The van der Waals surface area contributed by atoms with Gasteiger partial charge in [-0.3, -0.25) is 27.7 Å². The van der Waals surface area contributed by atoms with E-state index < -0.39 is 21.7 Å². The molecule has 0 saturated heterocycles. The van der Waals surface area contributed by atoms with Gasteiger partial charge in [-0.2, -0.15) is 0 Å². The van der Waals surface area contributed by atoms with Gasteiger partial charge in [0.15, 0.2) is 0 Å². The zero-order chi connectivity index (χ0) is 36.8. The molecule has 0 spiro atoms. The van der Waals surface area contributed by atoms with Crippen molar-refractivity contribution in [2.75, 3.05) is 94.1 Å². The van der Waals surface area contributed by atoms with E-state index in [-0.39, 0.29) is 89.0 Å². The highest BCUT2D eigenvalue weighted by atomic mass is 31.2. The van der Waals surface area contributed by atoms with Gasteiger partial charge in [0.25, 0.3) is 0 Å². The van der Waals surface area contributed by atoms with E-state index >= 15 is 0 Å². The van der Waals surface area contributed by atoms with E-state index in [1.165, 1.54) is 13.8 Å². The van der Waals surface area contributed by atoms with Crippen LogP contribution in [0.25, 0.3) is 0 Å². The van der Waals surface area contributed by atoms with Crippen LogP contribution in [0.2, 0.25) is 0 Å². The summed E-state index contributed by atoms with van der Waals surface area (Å²) < 4.78 is 65.6. The Hall–Kier alpha value is -1.73. The first-order valence-electron chi connectivity index (χ1n) is 15.4. The Morgan fingerprint density at radius 3 is 1.29 bits per heavy atom. The van der Waals surface area contributed by atoms with Gasteiger partial charge in [-0.25, -0.2) is 13.9 Å². The molecule has 0 aromatic heterocycles. The molecule has 0 fully saturated rings. The van der Waals surface area contributed by atoms with E-state index in [0.29, 0.717) is 26.1 Å². The highest BCUT2D eigenvalue weighted by Gasteiger charge is 2.26. The Morgan fingerprint density at radius 1 is 0.625 bits per heavy atom. The molecular weight excluding hydrogens is 682 g/mol. The summed E-state index contributed by atoms with van der Waals surface area (Å²) in [7, 11) is -1.86. The minimum absolute atomic E-state index is 0.139. The molecule has 0 saturated carbocycles. The predicted octanol–water partition coefficient (Wildman–Crippen LogP) is 1.13. The molecule has 0 bridgehead atoms. The molecule has 0 aliphatic heterocycles. The van der Waals surface area contributed by atoms with Gasteiger partial charge < -0.3 is 49.2 Å². The van der Waals surface area contributed by atoms with Gasteiger partial charge in [-0.1, -0.05) is 0 Å². The third kappa shape index (κ3) is 26.2. The molecule has 0 aromatic carbocycles. The second-order valence-electron chi connectivity index (χ2n) is 11.2. The maximum atomic E-state index is 12.2. The summed E-state index contributed by atoms with van der Waals surface area (Å²) in [5.41, 5.74) is 0. The number of ether oxygens (including phenoxy) is 4. The van der Waals surface area contributed by atoms with Crippen molar-refractivity contribution in [3.63, 3.8) is 0 Å². The second kappa shape index (κ2) is 25.3. The molecule has 0 aliphatic rings. The van der Waals surface area contributed by atoms with Gasteiger partial charge in [0.1, 0.15) is 12.2 Å². The highest BCUT2D eigenvalue weighted by molar-refractivity contribution is 7.47. The number of nitrogens with zero attached hydrogens (tertiary/aromatic N) is 2. The van der Waals surface area contributed by atoms with Crippen LogP contribution in [-0.4, -0.2) is 156 Å². The Kier molecular flexibility index (Phi) is 24.3. The van der Waals surface area contributed by atoms with Crippen molar-refractivity contribution in [1.82, 2.24) is 20.4 Å². The SMILES string of the molecule is CC(=O)O[C@H](C)CCOC[C@H](COP(=O)(O)OCCNC(=O)NCCOP(=O)(O)OC[C@@H](COCC[C@@H](C)OC(C)=O)N(C)C)N(C)C. The van der Waals surface area contributed by atoms with E-state index in [4.69, 9.17) is 37.0 Å². The summed E-state index contributed by atoms with van der Waals surface area (Å²) >= 11 is 0. The predicted molar refractivity (Wildman–Crippen MR) is 173 cm³/mol. The Balaban J connectivity index is 4.23. The molecule has 0 rings (SSSR count). The van der Waals surface area contributed by atoms with E-state index in [2.05, 4.69) is 10.6 Å². The number of rotatable bonds is 28. The molecule has 19 nitrogen and oxygen atoms in total. The molecule has 4 N–H and O–H groups in total. The van der Waals surface area contributed by atoms with Crippen LogP contribution in [0, 0.1) is 0 Å². The fourth-order valence-corrected chi connectivity index (χ4v) is 4.98. The molecule has 284 valence electrons. The number of esters is 2. The minimum Gasteiger partial charge on any atom is -0.463 e. The number of nitrogens with one attached hydrogen (secondary N) is 2. The summed E-state index contributed by atoms with van der Waals surface area (Å²) in [4.78, 5) is 57.3. The van der Waals surface area contributed by atoms with Crippen LogP contribution in [0.3, 0.4) is 0 Å². The fraction of sp³-hybridized carbons (Fsp3) is 0.889. The van der Waals surface area contributed by atoms with Crippen molar-refractivity contribution >= 4 is 33.6 Å². The van der Waals surface area contributed by atoms with Crippen molar-refractivity contribution in [3.05, 3.63) is 0 Å². The van der Waals surface area contributed by atoms with E-state index in [0.717, 1.165) is 0 Å². The van der Waals surface area contributed by atoms with Gasteiger partial charge in [-0.15, -0.1) is 0 Å². The standard InChI is InChI=1S/C27H56N4O15P2/c1-21(45-23(3)32)9-13-39-17-25(30(5)6)19-43-47(35,36)41-15-11-28-27(34)29-12-16-42-48(37,38)44-20-26(31(7)8)18-40-14-10-22(2)46-24(4)33/h21-22,25-26H,9-20H2,1-8H3,(H,35,36)(H,37,38)(H2,28,29,34)/t21-,22-,25-,26-/m1/s1. The fourth-order valence-electron chi connectivity index (χ4n) is 3.46. The molecule has 2 unspecified atom stereocenters. The van der Waals surface area contributed by atoms with Crippen molar-refractivity contribution in [3.8, 4) is 0 Å². The van der Waals surface area contributed by atoms with Crippen LogP contribution in [0.1, 0.15) is 40.5 Å². The molecule has 6 atom stereocenters. The van der Waals surface area contributed by atoms with Crippen LogP contribution in [0.15, 0.2) is 0 Å². The van der Waals surface area contributed by atoms with E-state index in [1.54, 1.807) is 51.8 Å². The van der Waals surface area contributed by atoms with Crippen LogP contribution in [-0.2, 0) is 55.8 Å².